The first-order chi connectivity index (χ1) is 4.42. The van der Waals surface area contributed by atoms with Crippen molar-refractivity contribution in [2.75, 3.05) is 27.3 Å². The first kappa shape index (κ1) is 9.88. The molecule has 0 unspecified atom stereocenters. The Hall–Kier alpha value is -0.120. The molecule has 0 aromatic rings. The molecule has 0 radical (unpaired) electrons. The lowest BCUT2D eigenvalue weighted by Crippen LogP contribution is -2.42. The van der Waals surface area contributed by atoms with Crippen molar-refractivity contribution in [3.63, 3.8) is 0 Å². The van der Waals surface area contributed by atoms with Crippen LogP contribution in [0, 0.1) is 11.1 Å². The van der Waals surface area contributed by atoms with E-state index in [2.05, 4.69) is 19.2 Å². The summed E-state index contributed by atoms with van der Waals surface area (Å²) in [6.45, 7) is 5.66. The summed E-state index contributed by atoms with van der Waals surface area (Å²) in [5, 5.41) is 14.0. The van der Waals surface area contributed by atoms with Crippen LogP contribution in [0.4, 0.5) is 0 Å². The molecular formula is C7H18N2O. The summed E-state index contributed by atoms with van der Waals surface area (Å²) in [6, 6.07) is 0. The second kappa shape index (κ2) is 3.91. The van der Waals surface area contributed by atoms with E-state index in [9.17, 15) is 5.21 Å². The molecule has 0 spiro atoms. The van der Waals surface area contributed by atoms with Gasteiger partial charge in [0.15, 0.2) is 0 Å². The summed E-state index contributed by atoms with van der Waals surface area (Å²) in [4.78, 5) is 0. The van der Waals surface area contributed by atoms with Crippen LogP contribution in [0.1, 0.15) is 13.8 Å². The van der Waals surface area contributed by atoms with Crippen LogP contribution in [-0.2, 0) is 0 Å². The second-order valence-electron chi connectivity index (χ2n) is 3.58. The summed E-state index contributed by atoms with van der Waals surface area (Å²) in [6.07, 6.45) is 0. The highest BCUT2D eigenvalue weighted by atomic mass is 16.5. The molecule has 3 heteroatoms. The third kappa shape index (κ3) is 7.88. The Morgan fingerprint density at radius 1 is 1.40 bits per heavy atom. The number of rotatable bonds is 4. The zero-order valence-corrected chi connectivity index (χ0v) is 7.35. The molecule has 0 heterocycles. The zero-order valence-electron chi connectivity index (χ0n) is 7.35. The van der Waals surface area contributed by atoms with E-state index >= 15 is 0 Å². The van der Waals surface area contributed by atoms with Gasteiger partial charge in [0, 0.05) is 6.54 Å². The largest absolute Gasteiger partial charge is 0.632 e. The van der Waals surface area contributed by atoms with E-state index in [4.69, 9.17) is 0 Å². The van der Waals surface area contributed by atoms with E-state index in [0.29, 0.717) is 12.6 Å². The van der Waals surface area contributed by atoms with Crippen LogP contribution in [0.25, 0.3) is 0 Å². The average molecular weight is 146 g/mol. The third-order valence-electron chi connectivity index (χ3n) is 1.05. The van der Waals surface area contributed by atoms with E-state index in [-0.39, 0.29) is 4.65 Å². The highest BCUT2D eigenvalue weighted by molar-refractivity contribution is 4.45. The molecule has 0 aliphatic carbocycles. The smallest absolute Gasteiger partial charge is 0.131 e. The standard InChI is InChI=1S/C7H18N2O/c1-7(2)5-8-6-9(3,4)10/h7-8H,5-6H2,1-4H3. The summed E-state index contributed by atoms with van der Waals surface area (Å²) in [7, 11) is 3.26. The van der Waals surface area contributed by atoms with Gasteiger partial charge in [0.05, 0.1) is 14.1 Å². The fraction of sp³-hybridized carbons (Fsp3) is 1.00. The van der Waals surface area contributed by atoms with Crippen LogP contribution in [0.15, 0.2) is 0 Å². The highest BCUT2D eigenvalue weighted by Gasteiger charge is 2.00. The van der Waals surface area contributed by atoms with Crippen LogP contribution in [-0.4, -0.2) is 32.0 Å². The van der Waals surface area contributed by atoms with Gasteiger partial charge in [0.1, 0.15) is 6.67 Å². The van der Waals surface area contributed by atoms with Gasteiger partial charge in [-0.05, 0) is 5.92 Å². The molecule has 0 aromatic carbocycles. The minimum Gasteiger partial charge on any atom is -0.632 e. The van der Waals surface area contributed by atoms with Gasteiger partial charge in [0.25, 0.3) is 0 Å². The molecule has 0 amide bonds. The lowest BCUT2D eigenvalue weighted by atomic mass is 10.2. The minimum absolute atomic E-state index is 0.257. The molecule has 0 saturated carbocycles. The van der Waals surface area contributed by atoms with Crippen LogP contribution in [0.3, 0.4) is 0 Å². The number of hydrogen-bond donors (Lipinski definition) is 1. The molecule has 0 bridgehead atoms. The monoisotopic (exact) mass is 146 g/mol. The first-order valence-corrected chi connectivity index (χ1v) is 3.66. The molecule has 0 saturated heterocycles. The van der Waals surface area contributed by atoms with Crippen molar-refractivity contribution in [1.29, 1.82) is 0 Å². The zero-order chi connectivity index (χ0) is 8.20. The van der Waals surface area contributed by atoms with Gasteiger partial charge in [-0.2, -0.15) is 0 Å². The van der Waals surface area contributed by atoms with Gasteiger partial charge in [-0.15, -0.1) is 0 Å². The van der Waals surface area contributed by atoms with Crippen molar-refractivity contribution in [2.45, 2.75) is 13.8 Å². The van der Waals surface area contributed by atoms with E-state index in [1.807, 2.05) is 0 Å². The van der Waals surface area contributed by atoms with Crippen molar-refractivity contribution < 1.29 is 4.65 Å². The van der Waals surface area contributed by atoms with Gasteiger partial charge >= 0.3 is 0 Å². The Morgan fingerprint density at radius 2 is 1.90 bits per heavy atom. The van der Waals surface area contributed by atoms with Crippen molar-refractivity contribution in [1.82, 2.24) is 5.32 Å². The van der Waals surface area contributed by atoms with Gasteiger partial charge in [-0.25, -0.2) is 0 Å². The summed E-state index contributed by atoms with van der Waals surface area (Å²) >= 11 is 0. The molecule has 1 N–H and O–H groups in total. The molecule has 0 fully saturated rings. The molecule has 0 rings (SSSR count). The number of quaternary nitrogens is 1. The van der Waals surface area contributed by atoms with Gasteiger partial charge < -0.3 is 9.85 Å². The second-order valence-corrected chi connectivity index (χ2v) is 3.58. The fourth-order valence-corrected chi connectivity index (χ4v) is 0.622. The Labute approximate surface area is 63.2 Å². The van der Waals surface area contributed by atoms with Gasteiger partial charge in [0.2, 0.25) is 0 Å². The maximum atomic E-state index is 11.0. The average Bonchev–Trinajstić information content (AvgIpc) is 1.59. The van der Waals surface area contributed by atoms with Crippen LogP contribution in [0.2, 0.25) is 0 Å². The van der Waals surface area contributed by atoms with Crippen molar-refractivity contribution >= 4 is 0 Å². The maximum Gasteiger partial charge on any atom is 0.131 e. The van der Waals surface area contributed by atoms with E-state index in [0.717, 1.165) is 6.54 Å². The quantitative estimate of drug-likeness (QED) is 0.361. The SMILES string of the molecule is CC(C)CNC[N+](C)(C)[O-]. The Morgan fingerprint density at radius 3 is 2.20 bits per heavy atom. The minimum atomic E-state index is -0.257. The van der Waals surface area contributed by atoms with E-state index in [1.54, 1.807) is 14.1 Å². The lowest BCUT2D eigenvalue weighted by molar-refractivity contribution is -0.842. The Bertz CT molecular complexity index is 86.1. The lowest BCUT2D eigenvalue weighted by Gasteiger charge is -2.33. The molecule has 10 heavy (non-hydrogen) atoms. The number of nitrogens with zero attached hydrogens (tertiary/aromatic N) is 1. The van der Waals surface area contributed by atoms with Crippen molar-refractivity contribution in [3.05, 3.63) is 5.21 Å². The molecule has 0 aliphatic heterocycles. The maximum absolute atomic E-state index is 11.0. The summed E-state index contributed by atoms with van der Waals surface area (Å²) in [5.74, 6) is 0.617. The van der Waals surface area contributed by atoms with Crippen LogP contribution in [0.5, 0.6) is 0 Å². The first-order valence-electron chi connectivity index (χ1n) is 3.66. The predicted octanol–water partition coefficient (Wildman–Crippen LogP) is 0.764. The number of nitrogens with one attached hydrogen (secondary N) is 1. The fourth-order valence-electron chi connectivity index (χ4n) is 0.622. The van der Waals surface area contributed by atoms with Crippen molar-refractivity contribution in [2.24, 2.45) is 5.92 Å². The van der Waals surface area contributed by atoms with Gasteiger partial charge in [-0.1, -0.05) is 13.8 Å². The summed E-state index contributed by atoms with van der Waals surface area (Å²) < 4.78 is -0.257. The topological polar surface area (TPSA) is 35.1 Å². The van der Waals surface area contributed by atoms with E-state index < -0.39 is 0 Å². The summed E-state index contributed by atoms with van der Waals surface area (Å²) in [5.41, 5.74) is 0. The molecule has 0 aliphatic rings. The van der Waals surface area contributed by atoms with Gasteiger partial charge in [-0.3, -0.25) is 5.32 Å². The molecule has 0 atom stereocenters. The van der Waals surface area contributed by atoms with Crippen LogP contribution < -0.4 is 5.32 Å². The molecule has 62 valence electrons. The predicted molar refractivity (Wildman–Crippen MR) is 43.2 cm³/mol. The number of hydroxylamine groups is 3. The molecule has 3 nitrogen and oxygen atoms in total. The highest BCUT2D eigenvalue weighted by Crippen LogP contribution is 1.90. The number of hydrogen-bond acceptors (Lipinski definition) is 2. The Kier molecular flexibility index (Phi) is 3.86. The third-order valence-corrected chi connectivity index (χ3v) is 1.05. The molecule has 0 aromatic heterocycles. The normalized spacial score (nSPS) is 12.6. The Balaban J connectivity index is 3.21. The van der Waals surface area contributed by atoms with E-state index in [1.165, 1.54) is 0 Å². The van der Waals surface area contributed by atoms with Crippen LogP contribution >= 0.6 is 0 Å². The molecular weight excluding hydrogens is 128 g/mol. The van der Waals surface area contributed by atoms with Crippen molar-refractivity contribution in [3.8, 4) is 0 Å².